The van der Waals surface area contributed by atoms with Gasteiger partial charge < -0.3 is 5.32 Å². The number of aromatic nitrogens is 3. The van der Waals surface area contributed by atoms with E-state index in [-0.39, 0.29) is 6.54 Å². The van der Waals surface area contributed by atoms with Crippen LogP contribution in [0.2, 0.25) is 0 Å². The maximum Gasteiger partial charge on any atom is 0.416 e. The molecule has 0 fully saturated rings. The number of hydrogen-bond donors (Lipinski definition) is 1. The summed E-state index contributed by atoms with van der Waals surface area (Å²) in [6.07, 6.45) is -1.62. The van der Waals surface area contributed by atoms with Crippen LogP contribution in [0.5, 0.6) is 0 Å². The Hall–Kier alpha value is -2.45. The number of nitrogens with zero attached hydrogens (tertiary/aromatic N) is 3. The normalized spacial score (nSPS) is 11.4. The lowest BCUT2D eigenvalue weighted by atomic mass is 10.1. The van der Waals surface area contributed by atoms with Crippen LogP contribution in [0.15, 0.2) is 30.6 Å². The first-order valence-electron chi connectivity index (χ1n) is 5.87. The summed E-state index contributed by atoms with van der Waals surface area (Å²) in [7, 11) is 0. The Balaban J connectivity index is 1.99. The third-order valence-corrected chi connectivity index (χ3v) is 2.64. The quantitative estimate of drug-likeness (QED) is 0.877. The van der Waals surface area contributed by atoms with Crippen LogP contribution in [0.1, 0.15) is 15.9 Å². The summed E-state index contributed by atoms with van der Waals surface area (Å²) in [5, 5.41) is 9.60. The molecule has 0 radical (unpaired) electrons. The largest absolute Gasteiger partial charge is 0.416 e. The third kappa shape index (κ3) is 3.77. The molecule has 0 aliphatic rings. The van der Waals surface area contributed by atoms with E-state index < -0.39 is 29.0 Å². The van der Waals surface area contributed by atoms with Crippen molar-refractivity contribution < 1.29 is 22.4 Å². The number of nitrogens with one attached hydrogen (secondary N) is 1. The van der Waals surface area contributed by atoms with Crippen molar-refractivity contribution in [3.63, 3.8) is 0 Å². The number of benzene rings is 1. The smallest absolute Gasteiger partial charge is 0.350 e. The molecule has 1 aromatic carbocycles. The number of carbonyl (C=O) groups excluding carboxylic acids is 1. The zero-order valence-corrected chi connectivity index (χ0v) is 10.6. The van der Waals surface area contributed by atoms with E-state index in [1.807, 2.05) is 0 Å². The topological polar surface area (TPSA) is 59.8 Å². The summed E-state index contributed by atoms with van der Waals surface area (Å²) < 4.78 is 52.1. The van der Waals surface area contributed by atoms with E-state index in [1.165, 1.54) is 10.9 Å². The molecule has 21 heavy (non-hydrogen) atoms. The second-order valence-corrected chi connectivity index (χ2v) is 4.11. The summed E-state index contributed by atoms with van der Waals surface area (Å²) in [6, 6.07) is 1.77. The molecule has 0 aliphatic carbocycles. The van der Waals surface area contributed by atoms with E-state index in [4.69, 9.17) is 0 Å². The minimum absolute atomic E-state index is 0.142. The van der Waals surface area contributed by atoms with Gasteiger partial charge in [0.15, 0.2) is 0 Å². The van der Waals surface area contributed by atoms with E-state index in [2.05, 4.69) is 15.6 Å². The van der Waals surface area contributed by atoms with Crippen LogP contribution in [-0.4, -0.2) is 27.4 Å². The van der Waals surface area contributed by atoms with Gasteiger partial charge in [0.25, 0.3) is 5.91 Å². The van der Waals surface area contributed by atoms with Gasteiger partial charge in [-0.05, 0) is 18.2 Å². The minimum atomic E-state index is -4.65. The van der Waals surface area contributed by atoms with Crippen LogP contribution in [-0.2, 0) is 12.7 Å². The van der Waals surface area contributed by atoms with Crippen LogP contribution in [0.3, 0.4) is 0 Å². The number of carbonyl (C=O) groups is 1. The SMILES string of the molecule is O=C(NCCn1ccnn1)c1ccc(C(F)(F)F)cc1F. The molecule has 2 rings (SSSR count). The molecule has 0 spiro atoms. The summed E-state index contributed by atoms with van der Waals surface area (Å²) in [5.74, 6) is -2.01. The van der Waals surface area contributed by atoms with Gasteiger partial charge in [-0.3, -0.25) is 9.48 Å². The number of halogens is 4. The maximum absolute atomic E-state index is 13.5. The lowest BCUT2D eigenvalue weighted by Crippen LogP contribution is -2.28. The fraction of sp³-hybridized carbons (Fsp3) is 0.250. The van der Waals surface area contributed by atoms with Gasteiger partial charge >= 0.3 is 6.18 Å². The average molecular weight is 302 g/mol. The van der Waals surface area contributed by atoms with Gasteiger partial charge in [0.05, 0.1) is 23.9 Å². The monoisotopic (exact) mass is 302 g/mol. The van der Waals surface area contributed by atoms with E-state index in [0.29, 0.717) is 18.7 Å². The molecule has 1 N–H and O–H groups in total. The van der Waals surface area contributed by atoms with Crippen molar-refractivity contribution >= 4 is 5.91 Å². The van der Waals surface area contributed by atoms with Gasteiger partial charge in [-0.15, -0.1) is 5.10 Å². The molecule has 112 valence electrons. The van der Waals surface area contributed by atoms with E-state index in [1.54, 1.807) is 6.20 Å². The average Bonchev–Trinajstić information content (AvgIpc) is 2.90. The molecule has 0 saturated carbocycles. The number of amides is 1. The Bertz CT molecular complexity index is 625. The van der Waals surface area contributed by atoms with Crippen molar-refractivity contribution in [1.82, 2.24) is 20.3 Å². The van der Waals surface area contributed by atoms with Crippen LogP contribution < -0.4 is 5.32 Å². The van der Waals surface area contributed by atoms with E-state index in [9.17, 15) is 22.4 Å². The van der Waals surface area contributed by atoms with Crippen molar-refractivity contribution in [2.24, 2.45) is 0 Å². The van der Waals surface area contributed by atoms with E-state index >= 15 is 0 Å². The van der Waals surface area contributed by atoms with Gasteiger partial charge in [0.2, 0.25) is 0 Å². The predicted octanol–water partition coefficient (Wildman–Crippen LogP) is 1.87. The summed E-state index contributed by atoms with van der Waals surface area (Å²) in [4.78, 5) is 11.7. The first-order chi connectivity index (χ1) is 9.88. The zero-order valence-electron chi connectivity index (χ0n) is 10.6. The van der Waals surface area contributed by atoms with Gasteiger partial charge in [-0.2, -0.15) is 13.2 Å². The molecule has 2 aromatic rings. The molecular formula is C12H10F4N4O. The van der Waals surface area contributed by atoms with Gasteiger partial charge in [-0.25, -0.2) is 4.39 Å². The van der Waals surface area contributed by atoms with Crippen molar-refractivity contribution in [2.45, 2.75) is 12.7 Å². The highest BCUT2D eigenvalue weighted by atomic mass is 19.4. The molecule has 0 aliphatic heterocycles. The second-order valence-electron chi connectivity index (χ2n) is 4.11. The Morgan fingerprint density at radius 1 is 1.33 bits per heavy atom. The van der Waals surface area contributed by atoms with Crippen LogP contribution in [0.25, 0.3) is 0 Å². The highest BCUT2D eigenvalue weighted by Gasteiger charge is 2.31. The fourth-order valence-electron chi connectivity index (χ4n) is 1.61. The Labute approximate surface area is 116 Å². The molecule has 5 nitrogen and oxygen atoms in total. The first-order valence-corrected chi connectivity index (χ1v) is 5.87. The van der Waals surface area contributed by atoms with Crippen molar-refractivity contribution in [3.05, 3.63) is 47.5 Å². The van der Waals surface area contributed by atoms with Crippen molar-refractivity contribution in [2.75, 3.05) is 6.54 Å². The third-order valence-electron chi connectivity index (χ3n) is 2.64. The molecule has 9 heteroatoms. The van der Waals surface area contributed by atoms with Crippen LogP contribution in [0.4, 0.5) is 17.6 Å². The van der Waals surface area contributed by atoms with Gasteiger partial charge in [0.1, 0.15) is 5.82 Å². The molecule has 1 amide bonds. The van der Waals surface area contributed by atoms with Crippen molar-refractivity contribution in [3.8, 4) is 0 Å². The van der Waals surface area contributed by atoms with Crippen LogP contribution in [0, 0.1) is 5.82 Å². The number of alkyl halides is 3. The second kappa shape index (κ2) is 5.90. The van der Waals surface area contributed by atoms with Gasteiger partial charge in [0, 0.05) is 12.7 Å². The van der Waals surface area contributed by atoms with E-state index in [0.717, 1.165) is 6.07 Å². The Morgan fingerprint density at radius 2 is 2.10 bits per heavy atom. The standard InChI is InChI=1S/C12H10F4N4O/c13-10-7-8(12(14,15)16)1-2-9(10)11(21)17-3-5-20-6-4-18-19-20/h1-2,4,6-7H,3,5H2,(H,17,21). The van der Waals surface area contributed by atoms with Gasteiger partial charge in [-0.1, -0.05) is 5.21 Å². The zero-order chi connectivity index (χ0) is 15.5. The summed E-state index contributed by atoms with van der Waals surface area (Å²) in [5.41, 5.74) is -1.58. The molecule has 0 saturated heterocycles. The maximum atomic E-state index is 13.5. The molecular weight excluding hydrogens is 292 g/mol. The molecule has 0 atom stereocenters. The predicted molar refractivity (Wildman–Crippen MR) is 63.8 cm³/mol. The highest BCUT2D eigenvalue weighted by molar-refractivity contribution is 5.94. The lowest BCUT2D eigenvalue weighted by molar-refractivity contribution is -0.137. The number of rotatable bonds is 4. The van der Waals surface area contributed by atoms with Crippen LogP contribution >= 0.6 is 0 Å². The van der Waals surface area contributed by atoms with Crippen molar-refractivity contribution in [1.29, 1.82) is 0 Å². The Kier molecular flexibility index (Phi) is 4.20. The molecule has 0 unspecified atom stereocenters. The fourth-order valence-corrected chi connectivity index (χ4v) is 1.61. The lowest BCUT2D eigenvalue weighted by Gasteiger charge is -2.09. The highest BCUT2D eigenvalue weighted by Crippen LogP contribution is 2.30. The molecule has 0 bridgehead atoms. The molecule has 1 aromatic heterocycles. The summed E-state index contributed by atoms with van der Waals surface area (Å²) in [6.45, 7) is 0.455. The Morgan fingerprint density at radius 3 is 2.67 bits per heavy atom. The molecule has 1 heterocycles. The first kappa shape index (κ1) is 14.9. The minimum Gasteiger partial charge on any atom is -0.350 e. The number of hydrogen-bond acceptors (Lipinski definition) is 3. The summed E-state index contributed by atoms with van der Waals surface area (Å²) >= 11 is 0.